The zero-order valence-electron chi connectivity index (χ0n) is 26.2. The molecule has 222 valence electrons. The number of unbranched alkanes of at least 4 members (excludes halogenated alkanes) is 2. The first kappa shape index (κ1) is 31.2. The zero-order chi connectivity index (χ0) is 28.8. The summed E-state index contributed by atoms with van der Waals surface area (Å²) in [5.41, 5.74) is 1.88. The van der Waals surface area contributed by atoms with Gasteiger partial charge in [-0.15, -0.1) is 0 Å². The van der Waals surface area contributed by atoms with Crippen LogP contribution in [0.5, 0.6) is 0 Å². The van der Waals surface area contributed by atoms with E-state index in [1.54, 1.807) is 0 Å². The van der Waals surface area contributed by atoms with Crippen molar-refractivity contribution in [2.24, 2.45) is 47.3 Å². The van der Waals surface area contributed by atoms with Gasteiger partial charge in [0.05, 0.1) is 12.2 Å². The van der Waals surface area contributed by atoms with Crippen LogP contribution < -0.4 is 0 Å². The van der Waals surface area contributed by atoms with E-state index in [1.165, 1.54) is 19.3 Å². The largest absolute Gasteiger partial charge is 0.374 e. The van der Waals surface area contributed by atoms with Crippen molar-refractivity contribution in [3.05, 3.63) is 47.6 Å². The number of Topliss-reactive ketones (excluding diaryl/α,β-unsaturated/α-hetero) is 2. The number of ether oxygens (including phenoxy) is 1. The standard InChI is InChI=1S/C37H56O3/c1-7-10-15-33(38)29-18-17-28(21-29)32-14-12-13-27(24(32)4)23-36-26(6)37(25(5)35(9-3)40-36)31-20-19-30(22-31)34(39)16-11-8-2/h17-22,24-28,31-32,35-37H,7-16,23H2,1-6H3/t24?,25-,26?,27-,28?,31?,32?,35?,36-,37-/m0/s1. The van der Waals surface area contributed by atoms with Crippen LogP contribution in [0.3, 0.4) is 0 Å². The van der Waals surface area contributed by atoms with Gasteiger partial charge in [0.2, 0.25) is 0 Å². The van der Waals surface area contributed by atoms with Crippen molar-refractivity contribution in [2.45, 2.75) is 124 Å². The molecule has 3 nitrogen and oxygen atoms in total. The lowest BCUT2D eigenvalue weighted by molar-refractivity contribution is -0.153. The molecule has 40 heavy (non-hydrogen) atoms. The quantitative estimate of drug-likeness (QED) is 0.230. The van der Waals surface area contributed by atoms with Crippen molar-refractivity contribution in [2.75, 3.05) is 0 Å². The van der Waals surface area contributed by atoms with Gasteiger partial charge < -0.3 is 4.74 Å². The van der Waals surface area contributed by atoms with Gasteiger partial charge in [0, 0.05) is 24.0 Å². The lowest BCUT2D eigenvalue weighted by Crippen LogP contribution is -2.48. The molecule has 1 heterocycles. The van der Waals surface area contributed by atoms with Crippen LogP contribution in [0, 0.1) is 47.3 Å². The molecule has 2 fully saturated rings. The summed E-state index contributed by atoms with van der Waals surface area (Å²) in [5.74, 6) is 4.67. The van der Waals surface area contributed by atoms with Crippen molar-refractivity contribution in [3.8, 4) is 0 Å². The Kier molecular flexibility index (Phi) is 11.3. The van der Waals surface area contributed by atoms with Crippen LogP contribution in [-0.4, -0.2) is 23.8 Å². The minimum absolute atomic E-state index is 0.264. The first-order valence-electron chi connectivity index (χ1n) is 16.8. The topological polar surface area (TPSA) is 43.4 Å². The Balaban J connectivity index is 1.44. The lowest BCUT2D eigenvalue weighted by atomic mass is 9.63. The molecule has 0 radical (unpaired) electrons. The maximum atomic E-state index is 12.8. The average Bonchev–Trinajstić information content (AvgIpc) is 3.64. The second kappa shape index (κ2) is 14.4. The first-order chi connectivity index (χ1) is 19.3. The maximum Gasteiger partial charge on any atom is 0.162 e. The molecule has 0 aromatic carbocycles. The van der Waals surface area contributed by atoms with E-state index in [2.05, 4.69) is 78.0 Å². The van der Waals surface area contributed by atoms with E-state index in [0.717, 1.165) is 49.7 Å². The molecule has 3 heteroatoms. The van der Waals surface area contributed by atoms with Gasteiger partial charge in [-0.2, -0.15) is 0 Å². The highest BCUT2D eigenvalue weighted by atomic mass is 16.5. The number of hydrogen-bond acceptors (Lipinski definition) is 3. The predicted molar refractivity (Wildman–Crippen MR) is 166 cm³/mol. The Bertz CT molecular complexity index is 999. The van der Waals surface area contributed by atoms with E-state index in [1.807, 2.05) is 0 Å². The number of rotatable bonds is 13. The summed E-state index contributed by atoms with van der Waals surface area (Å²) in [6.45, 7) is 13.8. The lowest BCUT2D eigenvalue weighted by Gasteiger charge is -2.49. The number of carbonyl (C=O) groups excluding carboxylic acids is 2. The van der Waals surface area contributed by atoms with Crippen LogP contribution in [0.1, 0.15) is 112 Å². The molecule has 1 saturated carbocycles. The van der Waals surface area contributed by atoms with E-state index in [0.29, 0.717) is 71.8 Å². The number of hydrogen-bond donors (Lipinski definition) is 0. The molecular formula is C37H56O3. The molecule has 1 aliphatic heterocycles. The second-order valence-corrected chi connectivity index (χ2v) is 13.5. The summed E-state index contributed by atoms with van der Waals surface area (Å²) in [6.07, 6.45) is 25.3. The Hall–Kier alpha value is -1.74. The molecule has 0 amide bonds. The molecule has 0 bridgehead atoms. The summed E-state index contributed by atoms with van der Waals surface area (Å²) < 4.78 is 6.89. The minimum atomic E-state index is 0.264. The van der Waals surface area contributed by atoms with Crippen LogP contribution in [0.4, 0.5) is 0 Å². The predicted octanol–water partition coefficient (Wildman–Crippen LogP) is 9.24. The molecule has 3 aliphatic carbocycles. The van der Waals surface area contributed by atoms with Gasteiger partial charge in [0.25, 0.3) is 0 Å². The molecule has 0 aromatic heterocycles. The van der Waals surface area contributed by atoms with E-state index in [4.69, 9.17) is 4.74 Å². The summed E-state index contributed by atoms with van der Waals surface area (Å²) >= 11 is 0. The van der Waals surface area contributed by atoms with E-state index >= 15 is 0 Å². The Morgan fingerprint density at radius 3 is 1.95 bits per heavy atom. The summed E-state index contributed by atoms with van der Waals surface area (Å²) in [5, 5.41) is 0. The Labute approximate surface area is 245 Å². The zero-order valence-corrected chi connectivity index (χ0v) is 26.2. The fraction of sp³-hybridized carbons (Fsp3) is 0.730. The minimum Gasteiger partial charge on any atom is -0.374 e. The molecule has 10 atom stereocenters. The monoisotopic (exact) mass is 548 g/mol. The Morgan fingerprint density at radius 1 is 0.775 bits per heavy atom. The van der Waals surface area contributed by atoms with Crippen molar-refractivity contribution in [1.82, 2.24) is 0 Å². The van der Waals surface area contributed by atoms with E-state index in [9.17, 15) is 9.59 Å². The van der Waals surface area contributed by atoms with Gasteiger partial charge in [-0.05, 0) is 79.4 Å². The molecule has 0 N–H and O–H groups in total. The highest BCUT2D eigenvalue weighted by Crippen LogP contribution is 2.48. The summed E-state index contributed by atoms with van der Waals surface area (Å²) in [4.78, 5) is 25.4. The third-order valence-corrected chi connectivity index (χ3v) is 11.0. The van der Waals surface area contributed by atoms with Gasteiger partial charge in [-0.3, -0.25) is 9.59 Å². The third kappa shape index (κ3) is 7.00. The second-order valence-electron chi connectivity index (χ2n) is 13.5. The summed E-state index contributed by atoms with van der Waals surface area (Å²) in [7, 11) is 0. The average molecular weight is 549 g/mol. The third-order valence-electron chi connectivity index (χ3n) is 11.0. The molecular weight excluding hydrogens is 492 g/mol. The SMILES string of the molecule is CCCCC(=O)C1=CC(C2CCC[C@@H](C[C@@H]3OC(CC)[C@H](C)[C@H](C4C=CC(C(=O)CCCC)=C4)C3C)C2C)C=C1. The van der Waals surface area contributed by atoms with Crippen LogP contribution in [0.15, 0.2) is 47.6 Å². The fourth-order valence-corrected chi connectivity index (χ4v) is 8.46. The van der Waals surface area contributed by atoms with Gasteiger partial charge >= 0.3 is 0 Å². The van der Waals surface area contributed by atoms with Crippen molar-refractivity contribution >= 4 is 11.6 Å². The van der Waals surface area contributed by atoms with Gasteiger partial charge in [-0.25, -0.2) is 0 Å². The van der Waals surface area contributed by atoms with Gasteiger partial charge in [0.1, 0.15) is 0 Å². The van der Waals surface area contributed by atoms with Crippen LogP contribution >= 0.6 is 0 Å². The van der Waals surface area contributed by atoms with E-state index in [-0.39, 0.29) is 12.2 Å². The summed E-state index contributed by atoms with van der Waals surface area (Å²) in [6, 6.07) is 0. The molecule has 4 aliphatic rings. The van der Waals surface area contributed by atoms with Crippen molar-refractivity contribution in [3.63, 3.8) is 0 Å². The normalized spacial score (nSPS) is 37.5. The number of allylic oxidation sites excluding steroid dienone is 8. The van der Waals surface area contributed by atoms with Crippen LogP contribution in [0.2, 0.25) is 0 Å². The number of carbonyl (C=O) groups is 2. The van der Waals surface area contributed by atoms with Crippen molar-refractivity contribution in [1.29, 1.82) is 0 Å². The van der Waals surface area contributed by atoms with Gasteiger partial charge in [-0.1, -0.05) is 104 Å². The molecule has 6 unspecified atom stereocenters. The highest BCUT2D eigenvalue weighted by Gasteiger charge is 2.45. The first-order valence-corrected chi connectivity index (χ1v) is 16.8. The molecule has 0 spiro atoms. The fourth-order valence-electron chi connectivity index (χ4n) is 8.46. The molecule has 0 aromatic rings. The molecule has 1 saturated heterocycles. The smallest absolute Gasteiger partial charge is 0.162 e. The highest BCUT2D eigenvalue weighted by molar-refractivity contribution is 5.99. The maximum absolute atomic E-state index is 12.8. The number of ketones is 2. The van der Waals surface area contributed by atoms with E-state index < -0.39 is 0 Å². The van der Waals surface area contributed by atoms with Crippen LogP contribution in [-0.2, 0) is 14.3 Å². The van der Waals surface area contributed by atoms with Crippen molar-refractivity contribution < 1.29 is 14.3 Å². The Morgan fingerprint density at radius 2 is 1.35 bits per heavy atom. The van der Waals surface area contributed by atoms with Gasteiger partial charge in [0.15, 0.2) is 11.6 Å². The van der Waals surface area contributed by atoms with Crippen LogP contribution in [0.25, 0.3) is 0 Å². The molecule has 4 rings (SSSR count).